The topological polar surface area (TPSA) is 61.0 Å². The molecule has 0 aromatic carbocycles. The van der Waals surface area contributed by atoms with E-state index in [0.29, 0.717) is 0 Å². The Balaban J connectivity index is 1.92. The van der Waals surface area contributed by atoms with Crippen molar-refractivity contribution in [2.45, 2.75) is 25.3 Å². The molecule has 0 fully saturated rings. The molecule has 110 valence electrons. The van der Waals surface area contributed by atoms with Gasteiger partial charge in [0.15, 0.2) is 0 Å². The third-order valence-electron chi connectivity index (χ3n) is 3.94. The standard InChI is InChI=1S/C16H20N4O/c1-20(2)15-8-9-17-10-14(15)18-12-4-3-5-13-11(12)6-7-16(21)19-13/h6-10,12,18H,3-5H2,1-2H3,(H,19,21). The van der Waals surface area contributed by atoms with Crippen LogP contribution in [-0.2, 0) is 6.42 Å². The lowest BCUT2D eigenvalue weighted by Gasteiger charge is -2.28. The van der Waals surface area contributed by atoms with Crippen LogP contribution in [0.4, 0.5) is 11.4 Å². The first kappa shape index (κ1) is 13.7. The summed E-state index contributed by atoms with van der Waals surface area (Å²) in [6.07, 6.45) is 6.72. The second kappa shape index (κ2) is 5.60. The third-order valence-corrected chi connectivity index (χ3v) is 3.94. The van der Waals surface area contributed by atoms with Gasteiger partial charge in [0.25, 0.3) is 0 Å². The first-order valence-electron chi connectivity index (χ1n) is 7.25. The highest BCUT2D eigenvalue weighted by atomic mass is 16.1. The van der Waals surface area contributed by atoms with E-state index in [1.54, 1.807) is 12.3 Å². The maximum Gasteiger partial charge on any atom is 0.248 e. The molecule has 2 heterocycles. The van der Waals surface area contributed by atoms with E-state index in [4.69, 9.17) is 0 Å². The van der Waals surface area contributed by atoms with Crippen molar-refractivity contribution in [2.75, 3.05) is 24.3 Å². The number of aryl methyl sites for hydroxylation is 1. The molecule has 0 spiro atoms. The number of rotatable bonds is 3. The molecule has 21 heavy (non-hydrogen) atoms. The minimum Gasteiger partial charge on any atom is -0.376 e. The van der Waals surface area contributed by atoms with Crippen molar-refractivity contribution < 1.29 is 0 Å². The van der Waals surface area contributed by atoms with Crippen LogP contribution in [0.15, 0.2) is 35.4 Å². The van der Waals surface area contributed by atoms with Gasteiger partial charge in [-0.3, -0.25) is 9.78 Å². The predicted molar refractivity (Wildman–Crippen MR) is 84.9 cm³/mol. The normalized spacial score (nSPS) is 17.1. The van der Waals surface area contributed by atoms with Crippen molar-refractivity contribution in [3.05, 3.63) is 52.2 Å². The first-order valence-corrected chi connectivity index (χ1v) is 7.25. The fourth-order valence-corrected chi connectivity index (χ4v) is 2.93. The average Bonchev–Trinajstić information content (AvgIpc) is 2.47. The maximum atomic E-state index is 11.5. The van der Waals surface area contributed by atoms with Crippen LogP contribution in [0.1, 0.15) is 30.1 Å². The molecular weight excluding hydrogens is 264 g/mol. The molecule has 0 saturated heterocycles. The molecule has 2 N–H and O–H groups in total. The average molecular weight is 284 g/mol. The molecule has 0 saturated carbocycles. The van der Waals surface area contributed by atoms with Gasteiger partial charge in [-0.15, -0.1) is 0 Å². The van der Waals surface area contributed by atoms with Crippen LogP contribution in [0.2, 0.25) is 0 Å². The Morgan fingerprint density at radius 1 is 1.33 bits per heavy atom. The highest BCUT2D eigenvalue weighted by molar-refractivity contribution is 5.68. The Labute approximate surface area is 124 Å². The quantitative estimate of drug-likeness (QED) is 0.908. The zero-order valence-electron chi connectivity index (χ0n) is 12.4. The van der Waals surface area contributed by atoms with Gasteiger partial charge in [0.05, 0.1) is 23.6 Å². The largest absolute Gasteiger partial charge is 0.376 e. The fraction of sp³-hybridized carbons (Fsp3) is 0.375. The van der Waals surface area contributed by atoms with E-state index in [2.05, 4.69) is 20.2 Å². The molecule has 3 rings (SSSR count). The van der Waals surface area contributed by atoms with Crippen molar-refractivity contribution in [3.8, 4) is 0 Å². The summed E-state index contributed by atoms with van der Waals surface area (Å²) in [6, 6.07) is 5.76. The van der Waals surface area contributed by atoms with Gasteiger partial charge in [-0.05, 0) is 37.0 Å². The molecule has 0 amide bonds. The molecule has 5 heteroatoms. The van der Waals surface area contributed by atoms with Crippen LogP contribution >= 0.6 is 0 Å². The van der Waals surface area contributed by atoms with Gasteiger partial charge >= 0.3 is 0 Å². The second-order valence-electron chi connectivity index (χ2n) is 5.63. The number of anilines is 2. The maximum absolute atomic E-state index is 11.5. The summed E-state index contributed by atoms with van der Waals surface area (Å²) < 4.78 is 0. The van der Waals surface area contributed by atoms with Crippen molar-refractivity contribution in [2.24, 2.45) is 0 Å². The summed E-state index contributed by atoms with van der Waals surface area (Å²) in [5.41, 5.74) is 4.36. The molecule has 5 nitrogen and oxygen atoms in total. The number of aromatic amines is 1. The lowest BCUT2D eigenvalue weighted by Crippen LogP contribution is -2.22. The summed E-state index contributed by atoms with van der Waals surface area (Å²) in [6.45, 7) is 0. The Bertz CT molecular complexity index is 693. The van der Waals surface area contributed by atoms with Crippen LogP contribution in [0, 0.1) is 0 Å². The third kappa shape index (κ3) is 2.77. The molecule has 1 atom stereocenters. The second-order valence-corrected chi connectivity index (χ2v) is 5.63. The van der Waals surface area contributed by atoms with E-state index >= 15 is 0 Å². The molecule has 1 aliphatic rings. The van der Waals surface area contributed by atoms with Gasteiger partial charge in [0, 0.05) is 32.1 Å². The van der Waals surface area contributed by atoms with Crippen molar-refractivity contribution in [1.82, 2.24) is 9.97 Å². The first-order chi connectivity index (χ1) is 10.1. The molecule has 2 aromatic heterocycles. The van der Waals surface area contributed by atoms with Crippen molar-refractivity contribution in [1.29, 1.82) is 0 Å². The summed E-state index contributed by atoms with van der Waals surface area (Å²) >= 11 is 0. The van der Waals surface area contributed by atoms with E-state index in [1.165, 1.54) is 5.56 Å². The van der Waals surface area contributed by atoms with E-state index in [9.17, 15) is 4.79 Å². The minimum absolute atomic E-state index is 0.0234. The fourth-order valence-electron chi connectivity index (χ4n) is 2.93. The van der Waals surface area contributed by atoms with Crippen LogP contribution in [0.3, 0.4) is 0 Å². The number of nitrogens with zero attached hydrogens (tertiary/aromatic N) is 2. The van der Waals surface area contributed by atoms with Gasteiger partial charge in [-0.1, -0.05) is 0 Å². The Morgan fingerprint density at radius 3 is 3.00 bits per heavy atom. The smallest absolute Gasteiger partial charge is 0.248 e. The molecule has 1 unspecified atom stereocenters. The highest BCUT2D eigenvalue weighted by Gasteiger charge is 2.21. The van der Waals surface area contributed by atoms with Crippen LogP contribution in [-0.4, -0.2) is 24.1 Å². The molecule has 2 aromatic rings. The summed E-state index contributed by atoms with van der Waals surface area (Å²) in [5.74, 6) is 0. The van der Waals surface area contributed by atoms with E-state index < -0.39 is 0 Å². The van der Waals surface area contributed by atoms with E-state index in [1.807, 2.05) is 32.4 Å². The summed E-state index contributed by atoms with van der Waals surface area (Å²) in [7, 11) is 4.04. The molecule has 1 aliphatic carbocycles. The number of hydrogen-bond acceptors (Lipinski definition) is 4. The molecular formula is C16H20N4O. The van der Waals surface area contributed by atoms with Gasteiger partial charge < -0.3 is 15.2 Å². The zero-order valence-corrected chi connectivity index (χ0v) is 12.4. The Morgan fingerprint density at radius 2 is 2.19 bits per heavy atom. The molecule has 0 bridgehead atoms. The molecule has 0 radical (unpaired) electrons. The summed E-state index contributed by atoms with van der Waals surface area (Å²) in [5, 5.41) is 3.58. The van der Waals surface area contributed by atoms with Crippen LogP contribution in [0.5, 0.6) is 0 Å². The predicted octanol–water partition coefficient (Wildman–Crippen LogP) is 2.33. The number of pyridine rings is 2. The highest BCUT2D eigenvalue weighted by Crippen LogP contribution is 2.33. The Kier molecular flexibility index (Phi) is 3.64. The lowest BCUT2D eigenvalue weighted by molar-refractivity contribution is 0.586. The van der Waals surface area contributed by atoms with Crippen LogP contribution in [0.25, 0.3) is 0 Å². The Hall–Kier alpha value is -2.30. The number of fused-ring (bicyclic) bond motifs is 1. The SMILES string of the molecule is CN(C)c1ccncc1NC1CCCc2[nH]c(=O)ccc21. The van der Waals surface area contributed by atoms with Crippen molar-refractivity contribution in [3.63, 3.8) is 0 Å². The summed E-state index contributed by atoms with van der Waals surface area (Å²) in [4.78, 5) is 20.7. The van der Waals surface area contributed by atoms with Gasteiger partial charge in [-0.2, -0.15) is 0 Å². The van der Waals surface area contributed by atoms with Crippen LogP contribution < -0.4 is 15.8 Å². The van der Waals surface area contributed by atoms with Gasteiger partial charge in [0.1, 0.15) is 0 Å². The number of aromatic nitrogens is 2. The number of nitrogens with one attached hydrogen (secondary N) is 2. The minimum atomic E-state index is -0.0234. The zero-order chi connectivity index (χ0) is 14.8. The lowest BCUT2D eigenvalue weighted by atomic mass is 9.91. The van der Waals surface area contributed by atoms with Gasteiger partial charge in [0.2, 0.25) is 5.56 Å². The molecule has 0 aliphatic heterocycles. The number of hydrogen-bond donors (Lipinski definition) is 2. The monoisotopic (exact) mass is 284 g/mol. The van der Waals surface area contributed by atoms with Crippen molar-refractivity contribution >= 4 is 11.4 Å². The number of H-pyrrole nitrogens is 1. The van der Waals surface area contributed by atoms with Gasteiger partial charge in [-0.25, -0.2) is 0 Å². The van der Waals surface area contributed by atoms with E-state index in [-0.39, 0.29) is 11.6 Å². The van der Waals surface area contributed by atoms with E-state index in [0.717, 1.165) is 36.3 Å².